The Labute approximate surface area is 113 Å². The number of benzene rings is 1. The maximum Gasteiger partial charge on any atom is 0.243 e. The zero-order valence-electron chi connectivity index (χ0n) is 11.1. The predicted molar refractivity (Wildman–Crippen MR) is 71.1 cm³/mol. The number of hydrogen-bond donors (Lipinski definition) is 2. The first kappa shape index (κ1) is 16.0. The second kappa shape index (κ2) is 7.54. The maximum absolute atomic E-state index is 13.5. The van der Waals surface area contributed by atoms with Gasteiger partial charge in [0.2, 0.25) is 10.0 Å². The molecule has 0 bridgehead atoms. The number of ether oxygens (including phenoxy) is 1. The molecule has 0 aliphatic rings. The third-order valence-electron chi connectivity index (χ3n) is 2.45. The zero-order valence-corrected chi connectivity index (χ0v) is 11.9. The van der Waals surface area contributed by atoms with E-state index in [0.717, 1.165) is 6.07 Å². The molecule has 0 aliphatic carbocycles. The first-order chi connectivity index (χ1) is 8.97. The van der Waals surface area contributed by atoms with Gasteiger partial charge in [0, 0.05) is 26.7 Å². The van der Waals surface area contributed by atoms with E-state index in [0.29, 0.717) is 25.3 Å². The van der Waals surface area contributed by atoms with Crippen LogP contribution < -0.4 is 10.0 Å². The van der Waals surface area contributed by atoms with Crippen LogP contribution in [0.2, 0.25) is 0 Å². The Hall–Kier alpha value is -1.02. The molecule has 0 saturated heterocycles. The highest BCUT2D eigenvalue weighted by atomic mass is 32.2. The lowest BCUT2D eigenvalue weighted by Crippen LogP contribution is -2.33. The Balaban J connectivity index is 2.54. The van der Waals surface area contributed by atoms with Gasteiger partial charge in [0.25, 0.3) is 0 Å². The molecule has 19 heavy (non-hydrogen) atoms. The molecular weight excluding hydrogens is 271 g/mol. The van der Waals surface area contributed by atoms with Crippen molar-refractivity contribution in [3.63, 3.8) is 0 Å². The van der Waals surface area contributed by atoms with Crippen molar-refractivity contribution in [2.75, 3.05) is 33.4 Å². The summed E-state index contributed by atoms with van der Waals surface area (Å²) < 4.78 is 44.5. The summed E-state index contributed by atoms with van der Waals surface area (Å²) in [5, 5.41) is 2.99. The van der Waals surface area contributed by atoms with E-state index in [1.54, 1.807) is 14.0 Å². The van der Waals surface area contributed by atoms with Crippen molar-refractivity contribution >= 4 is 10.0 Å². The van der Waals surface area contributed by atoms with Gasteiger partial charge in [-0.05, 0) is 24.6 Å². The van der Waals surface area contributed by atoms with Gasteiger partial charge in [-0.2, -0.15) is 0 Å². The van der Waals surface area contributed by atoms with Gasteiger partial charge >= 0.3 is 0 Å². The fourth-order valence-corrected chi connectivity index (χ4v) is 2.66. The van der Waals surface area contributed by atoms with E-state index in [1.807, 2.05) is 0 Å². The molecule has 1 aromatic carbocycles. The first-order valence-electron chi connectivity index (χ1n) is 5.93. The first-order valence-corrected chi connectivity index (χ1v) is 7.41. The average molecular weight is 290 g/mol. The Morgan fingerprint density at radius 1 is 1.26 bits per heavy atom. The molecule has 0 aromatic heterocycles. The average Bonchev–Trinajstić information content (AvgIpc) is 2.36. The molecule has 0 heterocycles. The van der Waals surface area contributed by atoms with E-state index < -0.39 is 15.8 Å². The summed E-state index contributed by atoms with van der Waals surface area (Å²) in [7, 11) is -2.21. The van der Waals surface area contributed by atoms with E-state index in [-0.39, 0.29) is 11.4 Å². The third-order valence-corrected chi connectivity index (χ3v) is 3.93. The number of methoxy groups -OCH3 is 1. The number of rotatable bonds is 8. The third kappa shape index (κ3) is 5.23. The standard InChI is InChI=1S/C12H19FN2O3S/c1-10-3-4-11(13)12(9-10)19(16,17)15-6-5-14-7-8-18-2/h3-4,9,14-15H,5-8H2,1-2H3. The monoisotopic (exact) mass is 290 g/mol. The minimum absolute atomic E-state index is 0.194. The fourth-order valence-electron chi connectivity index (χ4n) is 1.47. The summed E-state index contributed by atoms with van der Waals surface area (Å²) in [4.78, 5) is -0.315. The number of nitrogens with one attached hydrogen (secondary N) is 2. The van der Waals surface area contributed by atoms with E-state index >= 15 is 0 Å². The van der Waals surface area contributed by atoms with E-state index in [1.165, 1.54) is 12.1 Å². The largest absolute Gasteiger partial charge is 0.383 e. The molecule has 0 unspecified atom stereocenters. The zero-order chi connectivity index (χ0) is 14.3. The minimum atomic E-state index is -3.80. The molecule has 0 amide bonds. The van der Waals surface area contributed by atoms with Crippen LogP contribution in [0.3, 0.4) is 0 Å². The van der Waals surface area contributed by atoms with Crippen LogP contribution in [0.1, 0.15) is 5.56 Å². The normalized spacial score (nSPS) is 11.7. The highest BCUT2D eigenvalue weighted by molar-refractivity contribution is 7.89. The second-order valence-electron chi connectivity index (χ2n) is 4.07. The molecule has 0 saturated carbocycles. The summed E-state index contributed by atoms with van der Waals surface area (Å²) >= 11 is 0. The quantitative estimate of drug-likeness (QED) is 0.690. The Kier molecular flexibility index (Phi) is 6.36. The molecule has 0 radical (unpaired) electrons. The minimum Gasteiger partial charge on any atom is -0.383 e. The molecule has 5 nitrogen and oxygen atoms in total. The lowest BCUT2D eigenvalue weighted by atomic mass is 10.2. The van der Waals surface area contributed by atoms with Gasteiger partial charge in [-0.15, -0.1) is 0 Å². The van der Waals surface area contributed by atoms with Gasteiger partial charge in [0.1, 0.15) is 10.7 Å². The molecule has 2 N–H and O–H groups in total. The Morgan fingerprint density at radius 3 is 2.68 bits per heavy atom. The van der Waals surface area contributed by atoms with Crippen LogP contribution in [-0.4, -0.2) is 41.8 Å². The molecule has 0 aliphatic heterocycles. The second-order valence-corrected chi connectivity index (χ2v) is 5.81. The molecule has 0 spiro atoms. The van der Waals surface area contributed by atoms with Crippen molar-refractivity contribution in [1.82, 2.24) is 10.0 Å². The Bertz CT molecular complexity index is 506. The highest BCUT2D eigenvalue weighted by Gasteiger charge is 2.18. The molecule has 0 atom stereocenters. The molecule has 108 valence electrons. The van der Waals surface area contributed by atoms with Crippen LogP contribution >= 0.6 is 0 Å². The number of sulfonamides is 1. The van der Waals surface area contributed by atoms with Gasteiger partial charge in [0.05, 0.1) is 6.61 Å². The fraction of sp³-hybridized carbons (Fsp3) is 0.500. The van der Waals surface area contributed by atoms with Crippen LogP contribution in [0, 0.1) is 12.7 Å². The summed E-state index contributed by atoms with van der Waals surface area (Å²) in [6.07, 6.45) is 0. The molecule has 1 aromatic rings. The Morgan fingerprint density at radius 2 is 2.00 bits per heavy atom. The summed E-state index contributed by atoms with van der Waals surface area (Å²) in [6.45, 7) is 3.55. The maximum atomic E-state index is 13.5. The van der Waals surface area contributed by atoms with Crippen molar-refractivity contribution in [3.8, 4) is 0 Å². The molecule has 1 rings (SSSR count). The number of halogens is 1. The smallest absolute Gasteiger partial charge is 0.243 e. The van der Waals surface area contributed by atoms with Gasteiger partial charge in [0.15, 0.2) is 0 Å². The van der Waals surface area contributed by atoms with Crippen LogP contribution in [0.15, 0.2) is 23.1 Å². The number of hydrogen-bond acceptors (Lipinski definition) is 4. The predicted octanol–water partition coefficient (Wildman–Crippen LogP) is 0.648. The van der Waals surface area contributed by atoms with Crippen molar-refractivity contribution in [2.45, 2.75) is 11.8 Å². The SMILES string of the molecule is COCCNCCNS(=O)(=O)c1cc(C)ccc1F. The van der Waals surface area contributed by atoms with Gasteiger partial charge < -0.3 is 10.1 Å². The van der Waals surface area contributed by atoms with Crippen molar-refractivity contribution in [1.29, 1.82) is 0 Å². The lowest BCUT2D eigenvalue weighted by molar-refractivity contribution is 0.199. The molecule has 0 fully saturated rings. The van der Waals surface area contributed by atoms with E-state index in [9.17, 15) is 12.8 Å². The van der Waals surface area contributed by atoms with Crippen LogP contribution in [0.25, 0.3) is 0 Å². The van der Waals surface area contributed by atoms with Gasteiger partial charge in [-0.3, -0.25) is 0 Å². The van der Waals surface area contributed by atoms with E-state index in [4.69, 9.17) is 4.74 Å². The number of aryl methyl sites for hydroxylation is 1. The summed E-state index contributed by atoms with van der Waals surface area (Å²) in [5.74, 6) is -0.745. The molecular formula is C12H19FN2O3S. The van der Waals surface area contributed by atoms with Crippen molar-refractivity contribution in [2.24, 2.45) is 0 Å². The van der Waals surface area contributed by atoms with Crippen LogP contribution in [0.4, 0.5) is 4.39 Å². The van der Waals surface area contributed by atoms with Crippen molar-refractivity contribution in [3.05, 3.63) is 29.6 Å². The topological polar surface area (TPSA) is 67.4 Å². The highest BCUT2D eigenvalue weighted by Crippen LogP contribution is 2.15. The lowest BCUT2D eigenvalue weighted by Gasteiger charge is -2.09. The van der Waals surface area contributed by atoms with Gasteiger partial charge in [-0.1, -0.05) is 6.07 Å². The summed E-state index contributed by atoms with van der Waals surface area (Å²) in [6, 6.07) is 4.00. The van der Waals surface area contributed by atoms with Crippen LogP contribution in [0.5, 0.6) is 0 Å². The molecule has 7 heteroatoms. The van der Waals surface area contributed by atoms with Crippen LogP contribution in [-0.2, 0) is 14.8 Å². The van der Waals surface area contributed by atoms with Gasteiger partial charge in [-0.25, -0.2) is 17.5 Å². The van der Waals surface area contributed by atoms with E-state index in [2.05, 4.69) is 10.0 Å². The summed E-state index contributed by atoms with van der Waals surface area (Å²) in [5.41, 5.74) is 0.694. The van der Waals surface area contributed by atoms with Crippen molar-refractivity contribution < 1.29 is 17.5 Å².